The molecule has 1 aliphatic rings. The zero-order valence-electron chi connectivity index (χ0n) is 18.1. The van der Waals surface area contributed by atoms with E-state index in [1.54, 1.807) is 23.9 Å². The van der Waals surface area contributed by atoms with Gasteiger partial charge in [0.05, 0.1) is 16.3 Å². The van der Waals surface area contributed by atoms with Crippen LogP contribution in [0.5, 0.6) is 0 Å². The lowest BCUT2D eigenvalue weighted by Gasteiger charge is -2.20. The Morgan fingerprint density at radius 3 is 2.12 bits per heavy atom. The van der Waals surface area contributed by atoms with Crippen molar-refractivity contribution in [3.63, 3.8) is 0 Å². The molecule has 11 heteroatoms. The van der Waals surface area contributed by atoms with Gasteiger partial charge in [0.15, 0.2) is 6.61 Å². The number of ketones is 1. The molecule has 0 atom stereocenters. The van der Waals surface area contributed by atoms with Crippen molar-refractivity contribution in [3.05, 3.63) is 64.9 Å². The summed E-state index contributed by atoms with van der Waals surface area (Å²) in [6.45, 7) is -1.31. The van der Waals surface area contributed by atoms with Gasteiger partial charge in [-0.05, 0) is 36.4 Å². The van der Waals surface area contributed by atoms with Crippen molar-refractivity contribution in [2.75, 3.05) is 44.1 Å². The van der Waals surface area contributed by atoms with Crippen LogP contribution in [0.15, 0.2) is 64.8 Å². The van der Waals surface area contributed by atoms with E-state index in [0.29, 0.717) is 10.8 Å². The van der Waals surface area contributed by atoms with Crippen molar-refractivity contribution in [1.82, 2.24) is 4.31 Å². The maximum absolute atomic E-state index is 12.7. The van der Waals surface area contributed by atoms with Crippen molar-refractivity contribution in [2.24, 2.45) is 0 Å². The van der Waals surface area contributed by atoms with E-state index in [-0.39, 0.29) is 10.5 Å². The van der Waals surface area contributed by atoms with Gasteiger partial charge in [0.1, 0.15) is 24.0 Å². The molecule has 2 aromatic rings. The number of nitrogens with zero attached hydrogens (tertiary/aromatic N) is 4. The van der Waals surface area contributed by atoms with Crippen molar-refractivity contribution in [1.29, 1.82) is 5.26 Å². The Bertz CT molecular complexity index is 1240. The highest BCUT2D eigenvalue weighted by atomic mass is 35.5. The van der Waals surface area contributed by atoms with Gasteiger partial charge in [0.25, 0.3) is 0 Å². The minimum absolute atomic E-state index is 0.0401. The number of esters is 1. The number of benzene rings is 2. The molecule has 33 heavy (non-hydrogen) atoms. The van der Waals surface area contributed by atoms with Crippen LogP contribution in [-0.2, 0) is 24.3 Å². The fourth-order valence-electron chi connectivity index (χ4n) is 3.37. The highest BCUT2D eigenvalue weighted by molar-refractivity contribution is 7.89. The van der Waals surface area contributed by atoms with Crippen LogP contribution in [0.25, 0.3) is 0 Å². The summed E-state index contributed by atoms with van der Waals surface area (Å²) in [5, 5.41) is 9.99. The van der Waals surface area contributed by atoms with Gasteiger partial charge in [-0.3, -0.25) is 9.59 Å². The first-order valence-electron chi connectivity index (χ1n) is 9.69. The Labute approximate surface area is 197 Å². The monoisotopic (exact) mass is 488 g/mol. The number of carbonyl (C=O) groups excluding carboxylic acids is 2. The third-order valence-corrected chi connectivity index (χ3v) is 7.16. The molecular formula is C22H21ClN4O5S. The van der Waals surface area contributed by atoms with Crippen molar-refractivity contribution < 1.29 is 22.7 Å². The zero-order valence-corrected chi connectivity index (χ0v) is 19.7. The molecule has 2 aromatic carbocycles. The molecule has 0 fully saturated rings. The minimum atomic E-state index is -3.95. The molecule has 1 aliphatic heterocycles. The number of anilines is 2. The number of carbonyl (C=O) groups is 2. The SMILES string of the molecule is CN1C(=C(C#N)C(=O)COC(=O)CN(C)S(=O)(=O)c2ccc(Cl)cc2)N(C)c2ccccc21. The molecule has 0 amide bonds. The quantitative estimate of drug-likeness (QED) is 0.332. The number of hydrogen-bond acceptors (Lipinski definition) is 8. The predicted molar refractivity (Wildman–Crippen MR) is 123 cm³/mol. The van der Waals surface area contributed by atoms with Crippen LogP contribution in [0.4, 0.5) is 11.4 Å². The molecule has 0 saturated heterocycles. The van der Waals surface area contributed by atoms with Crippen LogP contribution in [0.1, 0.15) is 0 Å². The van der Waals surface area contributed by atoms with Gasteiger partial charge < -0.3 is 14.5 Å². The molecule has 0 spiro atoms. The Kier molecular flexibility index (Phi) is 7.07. The molecule has 0 aliphatic carbocycles. The van der Waals surface area contributed by atoms with Crippen LogP contribution in [0.2, 0.25) is 5.02 Å². The average Bonchev–Trinajstić information content (AvgIpc) is 3.04. The molecule has 0 N–H and O–H groups in total. The highest BCUT2D eigenvalue weighted by Gasteiger charge is 2.32. The molecule has 1 heterocycles. The maximum Gasteiger partial charge on any atom is 0.321 e. The first kappa shape index (κ1) is 24.3. The Hall–Kier alpha value is -3.39. The Morgan fingerprint density at radius 1 is 1.06 bits per heavy atom. The first-order chi connectivity index (χ1) is 15.6. The lowest BCUT2D eigenvalue weighted by molar-refractivity contribution is -0.147. The van der Waals surface area contributed by atoms with Crippen molar-refractivity contribution >= 4 is 44.8 Å². The van der Waals surface area contributed by atoms with Crippen molar-refractivity contribution in [2.45, 2.75) is 4.90 Å². The van der Waals surface area contributed by atoms with Crippen LogP contribution in [0, 0.1) is 11.3 Å². The second-order valence-corrected chi connectivity index (χ2v) is 9.70. The number of rotatable bonds is 7. The van der Waals surface area contributed by atoms with Crippen LogP contribution >= 0.6 is 11.6 Å². The predicted octanol–water partition coefficient (Wildman–Crippen LogP) is 2.39. The fourth-order valence-corrected chi connectivity index (χ4v) is 4.62. The molecule has 172 valence electrons. The summed E-state index contributed by atoms with van der Waals surface area (Å²) in [7, 11) is 0.717. The fraction of sp³-hybridized carbons (Fsp3) is 0.227. The summed E-state index contributed by atoms with van der Waals surface area (Å²) < 4.78 is 30.9. The smallest absolute Gasteiger partial charge is 0.321 e. The van der Waals surface area contributed by atoms with Gasteiger partial charge in [-0.15, -0.1) is 0 Å². The number of para-hydroxylation sites is 2. The number of likely N-dealkylation sites (N-methyl/N-ethyl adjacent to an activating group) is 1. The Morgan fingerprint density at radius 2 is 1.61 bits per heavy atom. The molecule has 0 saturated carbocycles. The van der Waals surface area contributed by atoms with E-state index in [1.165, 1.54) is 31.3 Å². The normalized spacial score (nSPS) is 13.0. The van der Waals surface area contributed by atoms with Gasteiger partial charge in [-0.25, -0.2) is 8.42 Å². The van der Waals surface area contributed by atoms with E-state index in [1.807, 2.05) is 30.3 Å². The summed E-state index contributed by atoms with van der Waals surface area (Å²) in [5.41, 5.74) is 1.47. The third kappa shape index (κ3) is 4.85. The van der Waals surface area contributed by atoms with Gasteiger partial charge in [-0.2, -0.15) is 9.57 Å². The number of nitriles is 1. The van der Waals surface area contributed by atoms with Gasteiger partial charge in [-0.1, -0.05) is 23.7 Å². The van der Waals surface area contributed by atoms with E-state index in [0.717, 1.165) is 15.7 Å². The lowest BCUT2D eigenvalue weighted by atomic mass is 10.2. The number of halogens is 1. The van der Waals surface area contributed by atoms with E-state index in [9.17, 15) is 23.3 Å². The minimum Gasteiger partial charge on any atom is -0.456 e. The molecular weight excluding hydrogens is 468 g/mol. The second kappa shape index (κ2) is 9.62. The number of Topliss-reactive ketones (excluding diaryl/α,β-unsaturated/α-hetero) is 1. The third-order valence-electron chi connectivity index (χ3n) is 5.09. The summed E-state index contributed by atoms with van der Waals surface area (Å²) in [6.07, 6.45) is 0. The van der Waals surface area contributed by atoms with E-state index >= 15 is 0 Å². The number of fused-ring (bicyclic) bond motifs is 1. The molecule has 0 aromatic heterocycles. The highest BCUT2D eigenvalue weighted by Crippen LogP contribution is 2.40. The molecule has 0 unspecified atom stereocenters. The maximum atomic E-state index is 12.7. The molecule has 3 rings (SSSR count). The second-order valence-electron chi connectivity index (χ2n) is 7.22. The van der Waals surface area contributed by atoms with E-state index < -0.39 is 34.9 Å². The van der Waals surface area contributed by atoms with Crippen LogP contribution < -0.4 is 9.80 Å². The largest absolute Gasteiger partial charge is 0.456 e. The summed E-state index contributed by atoms with van der Waals surface area (Å²) in [6, 6.07) is 14.8. The van der Waals surface area contributed by atoms with E-state index in [2.05, 4.69) is 0 Å². The molecule has 0 bridgehead atoms. The lowest BCUT2D eigenvalue weighted by Crippen LogP contribution is -2.34. The summed E-state index contributed by atoms with van der Waals surface area (Å²) >= 11 is 5.78. The topological polar surface area (TPSA) is 111 Å². The van der Waals surface area contributed by atoms with Gasteiger partial charge in [0, 0.05) is 26.2 Å². The van der Waals surface area contributed by atoms with Gasteiger partial charge in [0.2, 0.25) is 15.8 Å². The average molecular weight is 489 g/mol. The molecule has 9 nitrogen and oxygen atoms in total. The summed E-state index contributed by atoms with van der Waals surface area (Å²) in [5.74, 6) is -1.26. The Balaban J connectivity index is 1.68. The zero-order chi connectivity index (χ0) is 24.3. The first-order valence-corrected chi connectivity index (χ1v) is 11.5. The van der Waals surface area contributed by atoms with Crippen molar-refractivity contribution in [3.8, 4) is 6.07 Å². The number of sulfonamides is 1. The number of ether oxygens (including phenoxy) is 1. The van der Waals surface area contributed by atoms with Crippen LogP contribution in [-0.4, -0.2) is 58.8 Å². The summed E-state index contributed by atoms with van der Waals surface area (Å²) in [4.78, 5) is 28.3. The standard InChI is InChI=1S/C22H21ClN4O5S/c1-25(33(30,31)16-10-8-15(23)9-11-16)13-21(29)32-14-20(28)17(12-24)22-26(2)18-6-4-5-7-19(18)27(22)3/h4-11H,13-14H2,1-3H3. The van der Waals surface area contributed by atoms with E-state index in [4.69, 9.17) is 16.3 Å². The molecule has 0 radical (unpaired) electrons. The number of hydrogen-bond donors (Lipinski definition) is 0. The van der Waals surface area contributed by atoms with Gasteiger partial charge >= 0.3 is 5.97 Å². The van der Waals surface area contributed by atoms with Crippen LogP contribution in [0.3, 0.4) is 0 Å².